The molecule has 0 aliphatic heterocycles. The average molecular weight is 301 g/mol. The monoisotopic (exact) mass is 301 g/mol. The average Bonchev–Trinajstić information content (AvgIpc) is 2.93. The van der Waals surface area contributed by atoms with Gasteiger partial charge in [-0.1, -0.05) is 0 Å². The quantitative estimate of drug-likeness (QED) is 0.784. The Kier molecular flexibility index (Phi) is 3.97. The summed E-state index contributed by atoms with van der Waals surface area (Å²) in [5, 5.41) is 8.40. The standard InChI is InChI=1S/C15H16FN5O/c1-10(8-22-2)20-14-13-7-19-21(15(13)18-9-17-14)12-5-3-11(16)4-6-12/h3-7,9-10H,8H2,1-2H3,(H,17,18,20)/t10-/m0/s1. The molecule has 0 amide bonds. The summed E-state index contributed by atoms with van der Waals surface area (Å²) >= 11 is 0. The zero-order valence-electron chi connectivity index (χ0n) is 12.3. The van der Waals surface area contributed by atoms with Crippen molar-refractivity contribution in [2.24, 2.45) is 0 Å². The van der Waals surface area contributed by atoms with E-state index in [0.29, 0.717) is 18.1 Å². The van der Waals surface area contributed by atoms with Gasteiger partial charge in [-0.15, -0.1) is 0 Å². The first-order valence-electron chi connectivity index (χ1n) is 6.89. The first-order valence-corrected chi connectivity index (χ1v) is 6.89. The van der Waals surface area contributed by atoms with E-state index in [1.54, 1.807) is 30.1 Å². The van der Waals surface area contributed by atoms with Gasteiger partial charge in [0.2, 0.25) is 0 Å². The van der Waals surface area contributed by atoms with E-state index >= 15 is 0 Å². The van der Waals surface area contributed by atoms with Crippen molar-refractivity contribution in [3.8, 4) is 5.69 Å². The highest BCUT2D eigenvalue weighted by molar-refractivity contribution is 5.87. The fourth-order valence-electron chi connectivity index (χ4n) is 2.26. The number of ether oxygens (including phenoxy) is 1. The third-order valence-electron chi connectivity index (χ3n) is 3.24. The van der Waals surface area contributed by atoms with Crippen LogP contribution in [-0.2, 0) is 4.74 Å². The molecular formula is C15H16FN5O. The van der Waals surface area contributed by atoms with Crippen molar-refractivity contribution >= 4 is 16.9 Å². The lowest BCUT2D eigenvalue weighted by atomic mass is 10.3. The smallest absolute Gasteiger partial charge is 0.168 e. The maximum Gasteiger partial charge on any atom is 0.168 e. The van der Waals surface area contributed by atoms with Crippen LogP contribution in [0, 0.1) is 5.82 Å². The molecule has 0 bridgehead atoms. The summed E-state index contributed by atoms with van der Waals surface area (Å²) in [6, 6.07) is 6.21. The van der Waals surface area contributed by atoms with Crippen LogP contribution in [0.1, 0.15) is 6.92 Å². The lowest BCUT2D eigenvalue weighted by molar-refractivity contribution is 0.190. The number of fused-ring (bicyclic) bond motifs is 1. The van der Waals surface area contributed by atoms with Gasteiger partial charge in [0.1, 0.15) is 18.0 Å². The number of methoxy groups -OCH3 is 1. The first kappa shape index (κ1) is 14.4. The van der Waals surface area contributed by atoms with Crippen LogP contribution in [0.2, 0.25) is 0 Å². The van der Waals surface area contributed by atoms with E-state index in [1.807, 2.05) is 6.92 Å². The number of benzene rings is 1. The molecule has 22 heavy (non-hydrogen) atoms. The van der Waals surface area contributed by atoms with E-state index in [4.69, 9.17) is 4.74 Å². The number of aromatic nitrogens is 4. The molecule has 1 aromatic carbocycles. The summed E-state index contributed by atoms with van der Waals surface area (Å²) in [6.45, 7) is 2.57. The van der Waals surface area contributed by atoms with Crippen molar-refractivity contribution in [3.63, 3.8) is 0 Å². The van der Waals surface area contributed by atoms with Crippen LogP contribution >= 0.6 is 0 Å². The zero-order chi connectivity index (χ0) is 15.5. The molecule has 6 nitrogen and oxygen atoms in total. The van der Waals surface area contributed by atoms with Crippen molar-refractivity contribution in [2.75, 3.05) is 19.0 Å². The number of nitrogens with one attached hydrogen (secondary N) is 1. The van der Waals surface area contributed by atoms with Gasteiger partial charge in [0.05, 0.1) is 23.9 Å². The van der Waals surface area contributed by atoms with Gasteiger partial charge >= 0.3 is 0 Å². The molecule has 1 N–H and O–H groups in total. The Morgan fingerprint density at radius 2 is 2.05 bits per heavy atom. The van der Waals surface area contributed by atoms with E-state index in [1.165, 1.54) is 18.5 Å². The maximum absolute atomic E-state index is 13.0. The Labute approximate surface area is 127 Å². The summed E-state index contributed by atoms with van der Waals surface area (Å²) in [5.74, 6) is 0.411. The first-order chi connectivity index (χ1) is 10.7. The van der Waals surface area contributed by atoms with Gasteiger partial charge in [-0.25, -0.2) is 19.0 Å². The van der Waals surface area contributed by atoms with Crippen LogP contribution in [0.25, 0.3) is 16.7 Å². The molecule has 0 unspecified atom stereocenters. The number of anilines is 1. The van der Waals surface area contributed by atoms with Gasteiger partial charge < -0.3 is 10.1 Å². The summed E-state index contributed by atoms with van der Waals surface area (Å²) in [6.07, 6.45) is 3.17. The molecule has 0 aliphatic rings. The lowest BCUT2D eigenvalue weighted by Crippen LogP contribution is -2.21. The molecule has 7 heteroatoms. The molecule has 0 saturated heterocycles. The Balaban J connectivity index is 2.00. The third kappa shape index (κ3) is 2.75. The predicted octanol–water partition coefficient (Wildman–Crippen LogP) is 2.40. The van der Waals surface area contributed by atoms with Gasteiger partial charge in [-0.2, -0.15) is 5.10 Å². The largest absolute Gasteiger partial charge is 0.383 e. The van der Waals surface area contributed by atoms with Crippen molar-refractivity contribution in [2.45, 2.75) is 13.0 Å². The summed E-state index contributed by atoms with van der Waals surface area (Å²) < 4.78 is 19.8. The highest BCUT2D eigenvalue weighted by atomic mass is 19.1. The van der Waals surface area contributed by atoms with Crippen LogP contribution in [0.5, 0.6) is 0 Å². The van der Waals surface area contributed by atoms with Crippen molar-refractivity contribution in [1.29, 1.82) is 0 Å². The molecule has 0 fully saturated rings. The Bertz CT molecular complexity index is 771. The predicted molar refractivity (Wildman–Crippen MR) is 81.6 cm³/mol. The van der Waals surface area contributed by atoms with E-state index < -0.39 is 0 Å². The molecule has 2 heterocycles. The lowest BCUT2D eigenvalue weighted by Gasteiger charge is -2.13. The minimum Gasteiger partial charge on any atom is -0.383 e. The summed E-state index contributed by atoms with van der Waals surface area (Å²) in [7, 11) is 1.65. The van der Waals surface area contributed by atoms with Gasteiger partial charge in [-0.3, -0.25) is 0 Å². The Morgan fingerprint density at radius 1 is 1.27 bits per heavy atom. The number of halogens is 1. The number of rotatable bonds is 5. The van der Waals surface area contributed by atoms with Crippen LogP contribution in [0.3, 0.4) is 0 Å². The molecule has 3 aromatic rings. The fraction of sp³-hybridized carbons (Fsp3) is 0.267. The number of nitrogens with zero attached hydrogens (tertiary/aromatic N) is 4. The van der Waals surface area contributed by atoms with E-state index in [-0.39, 0.29) is 11.9 Å². The van der Waals surface area contributed by atoms with Crippen LogP contribution in [-0.4, -0.2) is 39.5 Å². The molecule has 3 rings (SSSR count). The molecule has 114 valence electrons. The Morgan fingerprint density at radius 3 is 2.77 bits per heavy atom. The van der Waals surface area contributed by atoms with E-state index in [9.17, 15) is 4.39 Å². The third-order valence-corrected chi connectivity index (χ3v) is 3.24. The number of hydrogen-bond donors (Lipinski definition) is 1. The second-order valence-corrected chi connectivity index (χ2v) is 4.99. The van der Waals surface area contributed by atoms with Crippen molar-refractivity contribution in [1.82, 2.24) is 19.7 Å². The molecule has 0 aliphatic carbocycles. The van der Waals surface area contributed by atoms with Crippen LogP contribution < -0.4 is 5.32 Å². The van der Waals surface area contributed by atoms with Crippen molar-refractivity contribution < 1.29 is 9.13 Å². The highest BCUT2D eigenvalue weighted by Gasteiger charge is 2.12. The van der Waals surface area contributed by atoms with E-state index in [2.05, 4.69) is 20.4 Å². The molecule has 2 aromatic heterocycles. The highest BCUT2D eigenvalue weighted by Crippen LogP contribution is 2.22. The van der Waals surface area contributed by atoms with Gasteiger partial charge in [0.15, 0.2) is 5.65 Å². The Hall–Kier alpha value is -2.54. The molecule has 0 spiro atoms. The SMILES string of the molecule is COC[C@H](C)Nc1ncnc2c1cnn2-c1ccc(F)cc1. The number of hydrogen-bond acceptors (Lipinski definition) is 5. The summed E-state index contributed by atoms with van der Waals surface area (Å²) in [5.41, 5.74) is 1.40. The minimum atomic E-state index is -0.286. The molecule has 0 saturated carbocycles. The topological polar surface area (TPSA) is 64.9 Å². The van der Waals surface area contributed by atoms with Crippen LogP contribution in [0.4, 0.5) is 10.2 Å². The van der Waals surface area contributed by atoms with Gasteiger partial charge in [0, 0.05) is 13.2 Å². The minimum absolute atomic E-state index is 0.109. The van der Waals surface area contributed by atoms with Crippen molar-refractivity contribution in [3.05, 3.63) is 42.6 Å². The normalized spacial score (nSPS) is 12.5. The fourth-order valence-corrected chi connectivity index (χ4v) is 2.26. The second kappa shape index (κ2) is 6.07. The zero-order valence-corrected chi connectivity index (χ0v) is 12.3. The maximum atomic E-state index is 13.0. The molecular weight excluding hydrogens is 285 g/mol. The second-order valence-electron chi connectivity index (χ2n) is 4.99. The molecule has 0 radical (unpaired) electrons. The van der Waals surface area contributed by atoms with E-state index in [0.717, 1.165) is 11.1 Å². The van der Waals surface area contributed by atoms with Gasteiger partial charge in [-0.05, 0) is 31.2 Å². The molecule has 1 atom stereocenters. The van der Waals surface area contributed by atoms with Crippen LogP contribution in [0.15, 0.2) is 36.8 Å². The summed E-state index contributed by atoms with van der Waals surface area (Å²) in [4.78, 5) is 8.54. The van der Waals surface area contributed by atoms with Gasteiger partial charge in [0.25, 0.3) is 0 Å².